The summed E-state index contributed by atoms with van der Waals surface area (Å²) in [5.41, 5.74) is 2.36. The summed E-state index contributed by atoms with van der Waals surface area (Å²) in [5.74, 6) is 0. The molecule has 6 heteroatoms. The highest BCUT2D eigenvalue weighted by Crippen LogP contribution is 2.09. The molecule has 6 nitrogen and oxygen atoms in total. The molecule has 188 valence electrons. The second kappa shape index (κ2) is 18.0. The van der Waals surface area contributed by atoms with E-state index in [4.69, 9.17) is 18.9 Å². The van der Waals surface area contributed by atoms with Crippen molar-refractivity contribution in [2.75, 3.05) is 40.5 Å². The van der Waals surface area contributed by atoms with Crippen LogP contribution in [0.1, 0.15) is 49.7 Å². The highest BCUT2D eigenvalue weighted by molar-refractivity contribution is 5.67. The van der Waals surface area contributed by atoms with Crippen LogP contribution in [0, 0.1) is 0 Å². The molecule has 0 aliphatic carbocycles. The van der Waals surface area contributed by atoms with Crippen molar-refractivity contribution >= 4 is 6.09 Å². The monoisotopic (exact) mass is 471 g/mol. The lowest BCUT2D eigenvalue weighted by atomic mass is 10.1. The first-order valence-corrected chi connectivity index (χ1v) is 12.4. The van der Waals surface area contributed by atoms with Crippen LogP contribution in [0.15, 0.2) is 60.7 Å². The van der Waals surface area contributed by atoms with Crippen molar-refractivity contribution in [3.8, 4) is 0 Å². The van der Waals surface area contributed by atoms with E-state index in [-0.39, 0.29) is 12.7 Å². The molecule has 0 unspecified atom stereocenters. The fourth-order valence-electron chi connectivity index (χ4n) is 3.63. The van der Waals surface area contributed by atoms with Crippen LogP contribution in [0.3, 0.4) is 0 Å². The number of unbranched alkanes of at least 4 members (excludes halogenated alkanes) is 4. The second-order valence-corrected chi connectivity index (χ2v) is 8.36. The summed E-state index contributed by atoms with van der Waals surface area (Å²) in [4.78, 5) is 14.3. The first-order chi connectivity index (χ1) is 16.7. The highest BCUT2D eigenvalue weighted by Gasteiger charge is 2.19. The van der Waals surface area contributed by atoms with E-state index >= 15 is 0 Å². The van der Waals surface area contributed by atoms with E-state index in [9.17, 15) is 4.79 Å². The zero-order valence-electron chi connectivity index (χ0n) is 20.8. The summed E-state index contributed by atoms with van der Waals surface area (Å²) in [6.45, 7) is 2.82. The average molecular weight is 472 g/mol. The maximum atomic E-state index is 12.6. The average Bonchev–Trinajstić information content (AvgIpc) is 2.88. The van der Waals surface area contributed by atoms with Crippen molar-refractivity contribution < 1.29 is 23.7 Å². The molecule has 0 aliphatic rings. The highest BCUT2D eigenvalue weighted by atomic mass is 16.7. The molecule has 0 fully saturated rings. The van der Waals surface area contributed by atoms with Crippen LogP contribution >= 0.6 is 0 Å². The Labute approximate surface area is 205 Å². The minimum absolute atomic E-state index is 0.253. The van der Waals surface area contributed by atoms with Gasteiger partial charge in [-0.2, -0.15) is 0 Å². The summed E-state index contributed by atoms with van der Waals surface area (Å²) < 4.78 is 21.8. The predicted molar refractivity (Wildman–Crippen MR) is 135 cm³/mol. The Balaban J connectivity index is 1.56. The van der Waals surface area contributed by atoms with Crippen LogP contribution in [0.2, 0.25) is 0 Å². The van der Waals surface area contributed by atoms with Gasteiger partial charge in [0.2, 0.25) is 0 Å². The Bertz CT molecular complexity index is 752. The number of hydrogen-bond acceptors (Lipinski definition) is 5. The van der Waals surface area contributed by atoms with Crippen molar-refractivity contribution in [1.29, 1.82) is 0 Å². The van der Waals surface area contributed by atoms with E-state index in [0.29, 0.717) is 13.1 Å². The topological polar surface area (TPSA) is 57.2 Å². The minimum Gasteiger partial charge on any atom is -0.445 e. The predicted octanol–water partition coefficient (Wildman–Crippen LogP) is 5.84. The molecular formula is C28H41NO5. The first-order valence-electron chi connectivity index (χ1n) is 12.4. The van der Waals surface area contributed by atoms with Gasteiger partial charge < -0.3 is 23.8 Å². The van der Waals surface area contributed by atoms with Gasteiger partial charge >= 0.3 is 6.09 Å². The third-order valence-corrected chi connectivity index (χ3v) is 5.67. The summed E-state index contributed by atoms with van der Waals surface area (Å²) in [7, 11) is 3.15. The number of methoxy groups -OCH3 is 2. The number of ether oxygens (including phenoxy) is 4. The molecule has 0 heterocycles. The Morgan fingerprint density at radius 2 is 1.35 bits per heavy atom. The van der Waals surface area contributed by atoms with Gasteiger partial charge in [0.05, 0.1) is 6.54 Å². The van der Waals surface area contributed by atoms with Crippen molar-refractivity contribution in [2.45, 2.75) is 57.8 Å². The standard InChI is InChI=1S/C28H41NO5/c1-31-27(32-2)23-29(28(30)34-24-26-18-9-6-10-19-26)20-12-3-4-13-21-33-22-14-11-17-25-15-7-5-8-16-25/h5-10,15-16,18-19,27H,3-4,11-14,17,20-24H2,1-2H3. The molecule has 0 spiro atoms. The van der Waals surface area contributed by atoms with E-state index in [2.05, 4.69) is 30.3 Å². The summed E-state index contributed by atoms with van der Waals surface area (Å²) in [6, 6.07) is 20.3. The number of carbonyl (C=O) groups is 1. The van der Waals surface area contributed by atoms with Gasteiger partial charge in [0.25, 0.3) is 0 Å². The number of benzene rings is 2. The lowest BCUT2D eigenvalue weighted by molar-refractivity contribution is -0.114. The third kappa shape index (κ3) is 12.2. The van der Waals surface area contributed by atoms with Crippen molar-refractivity contribution in [1.82, 2.24) is 4.90 Å². The quantitative estimate of drug-likeness (QED) is 0.202. The normalized spacial score (nSPS) is 11.0. The van der Waals surface area contributed by atoms with Gasteiger partial charge in [-0.05, 0) is 43.2 Å². The Kier molecular flexibility index (Phi) is 14.7. The van der Waals surface area contributed by atoms with Crippen LogP contribution in [0.4, 0.5) is 4.79 Å². The Morgan fingerprint density at radius 3 is 2.00 bits per heavy atom. The molecule has 2 aromatic carbocycles. The molecule has 0 aliphatic heterocycles. The van der Waals surface area contributed by atoms with Gasteiger partial charge in [0.1, 0.15) is 6.61 Å². The van der Waals surface area contributed by atoms with E-state index in [0.717, 1.165) is 63.7 Å². The number of hydrogen-bond donors (Lipinski definition) is 0. The number of carbonyl (C=O) groups excluding carboxylic acids is 1. The second-order valence-electron chi connectivity index (χ2n) is 8.36. The van der Waals surface area contributed by atoms with Crippen LogP contribution in [-0.2, 0) is 32.0 Å². The zero-order valence-corrected chi connectivity index (χ0v) is 20.8. The summed E-state index contributed by atoms with van der Waals surface area (Å²) >= 11 is 0. The minimum atomic E-state index is -0.473. The fourth-order valence-corrected chi connectivity index (χ4v) is 3.63. The van der Waals surface area contributed by atoms with Crippen LogP contribution in [-0.4, -0.2) is 57.8 Å². The maximum Gasteiger partial charge on any atom is 0.410 e. The van der Waals surface area contributed by atoms with Gasteiger partial charge in [-0.25, -0.2) is 4.79 Å². The van der Waals surface area contributed by atoms with Gasteiger partial charge in [0, 0.05) is 34.0 Å². The van der Waals surface area contributed by atoms with Gasteiger partial charge in [-0.1, -0.05) is 73.5 Å². The van der Waals surface area contributed by atoms with Gasteiger partial charge in [-0.3, -0.25) is 0 Å². The Hall–Kier alpha value is -2.41. The van der Waals surface area contributed by atoms with E-state index in [1.165, 1.54) is 5.56 Å². The maximum absolute atomic E-state index is 12.6. The molecule has 0 bridgehead atoms. The van der Waals surface area contributed by atoms with Gasteiger partial charge in [0.15, 0.2) is 6.29 Å². The summed E-state index contributed by atoms with van der Waals surface area (Å²) in [6.07, 6.45) is 6.59. The van der Waals surface area contributed by atoms with Crippen molar-refractivity contribution in [3.63, 3.8) is 0 Å². The van der Waals surface area contributed by atoms with Crippen molar-refractivity contribution in [2.24, 2.45) is 0 Å². The molecule has 2 rings (SSSR count). The number of amides is 1. The number of rotatable bonds is 18. The van der Waals surface area contributed by atoms with Crippen molar-refractivity contribution in [3.05, 3.63) is 71.8 Å². The molecular weight excluding hydrogens is 430 g/mol. The molecule has 0 N–H and O–H groups in total. The first kappa shape index (κ1) is 27.8. The molecule has 1 amide bonds. The Morgan fingerprint density at radius 1 is 0.765 bits per heavy atom. The SMILES string of the molecule is COC(CN(CCCCCCOCCCCc1ccccc1)C(=O)OCc1ccccc1)OC. The zero-order chi connectivity index (χ0) is 24.3. The van der Waals surface area contributed by atoms with Crippen LogP contribution in [0.5, 0.6) is 0 Å². The largest absolute Gasteiger partial charge is 0.445 e. The van der Waals surface area contributed by atoms with E-state index in [1.54, 1.807) is 19.1 Å². The third-order valence-electron chi connectivity index (χ3n) is 5.67. The van der Waals surface area contributed by atoms with Crippen LogP contribution < -0.4 is 0 Å². The number of aryl methyl sites for hydroxylation is 1. The molecule has 0 atom stereocenters. The summed E-state index contributed by atoms with van der Waals surface area (Å²) in [5, 5.41) is 0. The fraction of sp³-hybridized carbons (Fsp3) is 0.536. The molecule has 2 aromatic rings. The lowest BCUT2D eigenvalue weighted by Gasteiger charge is -2.25. The molecule has 34 heavy (non-hydrogen) atoms. The molecule has 0 saturated carbocycles. The smallest absolute Gasteiger partial charge is 0.410 e. The van der Waals surface area contributed by atoms with Gasteiger partial charge in [-0.15, -0.1) is 0 Å². The van der Waals surface area contributed by atoms with Crippen LogP contribution in [0.25, 0.3) is 0 Å². The molecule has 0 aromatic heterocycles. The van der Waals surface area contributed by atoms with E-state index < -0.39 is 6.29 Å². The molecule has 0 radical (unpaired) electrons. The lowest BCUT2D eigenvalue weighted by Crippen LogP contribution is -2.40. The van der Waals surface area contributed by atoms with E-state index in [1.807, 2.05) is 30.3 Å². The number of nitrogens with zero attached hydrogens (tertiary/aromatic N) is 1. The molecule has 0 saturated heterocycles.